The minimum absolute atomic E-state index is 0.110. The van der Waals surface area contributed by atoms with Gasteiger partial charge in [-0.15, -0.1) is 0 Å². The Morgan fingerprint density at radius 2 is 1.95 bits per heavy atom. The third-order valence-corrected chi connectivity index (χ3v) is 2.83. The van der Waals surface area contributed by atoms with Crippen LogP contribution in [0.2, 0.25) is 0 Å². The molecule has 0 aliphatic heterocycles. The van der Waals surface area contributed by atoms with Gasteiger partial charge in [0.05, 0.1) is 0 Å². The summed E-state index contributed by atoms with van der Waals surface area (Å²) in [6, 6.07) is 9.78. The van der Waals surface area contributed by atoms with Crippen molar-refractivity contribution in [3.05, 3.63) is 42.1 Å². The molecule has 0 aliphatic rings. The third kappa shape index (κ3) is 5.67. The summed E-state index contributed by atoms with van der Waals surface area (Å²) in [5.74, 6) is -1.72. The van der Waals surface area contributed by atoms with E-state index in [1.807, 2.05) is 32.0 Å². The Morgan fingerprint density at radius 1 is 1.32 bits per heavy atom. The highest BCUT2D eigenvalue weighted by Crippen LogP contribution is 2.08. The molecule has 3 N–H and O–H groups in total. The Labute approximate surface area is 129 Å². The average Bonchev–Trinajstić information content (AvgIpc) is 2.47. The van der Waals surface area contributed by atoms with Crippen LogP contribution in [0.5, 0.6) is 0 Å². The predicted octanol–water partition coefficient (Wildman–Crippen LogP) is 2.12. The molecule has 6 nitrogen and oxygen atoms in total. The van der Waals surface area contributed by atoms with Gasteiger partial charge in [-0.05, 0) is 24.5 Å². The van der Waals surface area contributed by atoms with Gasteiger partial charge in [-0.3, -0.25) is 4.79 Å². The zero-order valence-corrected chi connectivity index (χ0v) is 12.5. The number of nitrogens with zero attached hydrogens (tertiary/aromatic N) is 1. The number of anilines is 1. The fraction of sp³-hybridized carbons (Fsp3) is 0.312. The van der Waals surface area contributed by atoms with Crippen molar-refractivity contribution >= 4 is 17.6 Å². The van der Waals surface area contributed by atoms with Crippen LogP contribution in [0.25, 0.3) is 0 Å². The molecule has 0 saturated heterocycles. The fourth-order valence-electron chi connectivity index (χ4n) is 1.77. The largest absolute Gasteiger partial charge is 0.480 e. The van der Waals surface area contributed by atoms with Gasteiger partial charge in [0, 0.05) is 11.9 Å². The lowest BCUT2D eigenvalue weighted by atomic mass is 10.0. The maximum absolute atomic E-state index is 12.0. The van der Waals surface area contributed by atoms with Crippen molar-refractivity contribution in [3.63, 3.8) is 0 Å². The molecule has 1 aromatic carbocycles. The second kappa shape index (κ2) is 8.47. The summed E-state index contributed by atoms with van der Waals surface area (Å²) in [4.78, 5) is 23.1. The Hall–Kier alpha value is -2.81. The van der Waals surface area contributed by atoms with Crippen LogP contribution >= 0.6 is 0 Å². The molecule has 0 aromatic heterocycles. The summed E-state index contributed by atoms with van der Waals surface area (Å²) in [6.45, 7) is 3.72. The number of para-hydroxylation sites is 1. The summed E-state index contributed by atoms with van der Waals surface area (Å²) in [5.41, 5.74) is 0.541. The van der Waals surface area contributed by atoms with Gasteiger partial charge in [-0.1, -0.05) is 32.0 Å². The minimum atomic E-state index is -1.12. The molecule has 0 bridgehead atoms. The van der Waals surface area contributed by atoms with Gasteiger partial charge >= 0.3 is 5.97 Å². The zero-order chi connectivity index (χ0) is 16.5. The summed E-state index contributed by atoms with van der Waals surface area (Å²) >= 11 is 0. The molecule has 0 radical (unpaired) electrons. The molecular formula is C16H19N3O3. The molecule has 22 heavy (non-hydrogen) atoms. The van der Waals surface area contributed by atoms with Crippen molar-refractivity contribution in [3.8, 4) is 6.07 Å². The molecule has 1 amide bonds. The molecule has 0 heterocycles. The second-order valence-electron chi connectivity index (χ2n) is 5.17. The van der Waals surface area contributed by atoms with Crippen molar-refractivity contribution < 1.29 is 14.7 Å². The number of carbonyl (C=O) groups excluding carboxylic acids is 1. The summed E-state index contributed by atoms with van der Waals surface area (Å²) in [7, 11) is 0. The second-order valence-corrected chi connectivity index (χ2v) is 5.17. The van der Waals surface area contributed by atoms with Crippen molar-refractivity contribution in [2.75, 3.05) is 5.32 Å². The van der Waals surface area contributed by atoms with Gasteiger partial charge in [0.25, 0.3) is 5.91 Å². The zero-order valence-electron chi connectivity index (χ0n) is 12.5. The number of hydrogen-bond donors (Lipinski definition) is 3. The maximum atomic E-state index is 12.0. The number of carbonyl (C=O) groups is 2. The molecule has 0 aliphatic carbocycles. The number of rotatable bonds is 7. The quantitative estimate of drug-likeness (QED) is 0.529. The maximum Gasteiger partial charge on any atom is 0.326 e. The third-order valence-electron chi connectivity index (χ3n) is 2.83. The lowest BCUT2D eigenvalue weighted by Crippen LogP contribution is -2.42. The summed E-state index contributed by atoms with van der Waals surface area (Å²) in [5, 5.41) is 23.3. The first-order valence-electron chi connectivity index (χ1n) is 6.89. The Balaban J connectivity index is 2.75. The van der Waals surface area contributed by atoms with Crippen molar-refractivity contribution in [1.29, 1.82) is 5.26 Å². The van der Waals surface area contributed by atoms with Crippen LogP contribution in [-0.4, -0.2) is 23.0 Å². The molecule has 116 valence electrons. The van der Waals surface area contributed by atoms with Gasteiger partial charge in [0.1, 0.15) is 17.7 Å². The van der Waals surface area contributed by atoms with E-state index < -0.39 is 17.9 Å². The monoisotopic (exact) mass is 301 g/mol. The highest BCUT2D eigenvalue weighted by Gasteiger charge is 2.22. The number of nitrogens with one attached hydrogen (secondary N) is 2. The van der Waals surface area contributed by atoms with E-state index >= 15 is 0 Å². The molecule has 6 heteroatoms. The van der Waals surface area contributed by atoms with E-state index in [0.29, 0.717) is 6.42 Å². The Bertz CT molecular complexity index is 588. The van der Waals surface area contributed by atoms with Crippen LogP contribution in [0.3, 0.4) is 0 Å². The van der Waals surface area contributed by atoms with E-state index in [1.54, 1.807) is 18.2 Å². The number of nitriles is 1. The molecule has 1 rings (SSSR count). The topological polar surface area (TPSA) is 102 Å². The van der Waals surface area contributed by atoms with Crippen molar-refractivity contribution in [1.82, 2.24) is 5.32 Å². The molecule has 0 spiro atoms. The van der Waals surface area contributed by atoms with E-state index in [9.17, 15) is 9.59 Å². The van der Waals surface area contributed by atoms with Gasteiger partial charge in [0.15, 0.2) is 0 Å². The molecular weight excluding hydrogens is 282 g/mol. The van der Waals surface area contributed by atoms with Gasteiger partial charge in [-0.25, -0.2) is 4.79 Å². The van der Waals surface area contributed by atoms with E-state index in [2.05, 4.69) is 10.6 Å². The van der Waals surface area contributed by atoms with Crippen LogP contribution in [0.15, 0.2) is 42.1 Å². The summed E-state index contributed by atoms with van der Waals surface area (Å²) < 4.78 is 0. The number of carboxylic acid groups (broad SMARTS) is 1. The molecule has 0 saturated carbocycles. The fourth-order valence-corrected chi connectivity index (χ4v) is 1.77. The average molecular weight is 301 g/mol. The van der Waals surface area contributed by atoms with E-state index in [4.69, 9.17) is 10.4 Å². The minimum Gasteiger partial charge on any atom is -0.480 e. The standard InChI is InChI=1S/C16H19N3O3/c1-11(2)8-14(16(21)22)19-15(20)12(9-17)10-18-13-6-4-3-5-7-13/h3-7,10-11,14,18H,8H2,1-2H3,(H,19,20)(H,21,22)/b12-10-. The number of hydrogen-bond acceptors (Lipinski definition) is 4. The predicted molar refractivity (Wildman–Crippen MR) is 82.8 cm³/mol. The van der Waals surface area contributed by atoms with Crippen LogP contribution in [0.1, 0.15) is 20.3 Å². The molecule has 0 fully saturated rings. The lowest BCUT2D eigenvalue weighted by Gasteiger charge is -2.16. The Kier molecular flexibility index (Phi) is 6.64. The van der Waals surface area contributed by atoms with Gasteiger partial charge < -0.3 is 15.7 Å². The van der Waals surface area contributed by atoms with E-state index in [1.165, 1.54) is 6.20 Å². The van der Waals surface area contributed by atoms with Crippen molar-refractivity contribution in [2.45, 2.75) is 26.3 Å². The van der Waals surface area contributed by atoms with Gasteiger partial charge in [0.2, 0.25) is 0 Å². The highest BCUT2D eigenvalue weighted by molar-refractivity contribution is 5.99. The SMILES string of the molecule is CC(C)CC(NC(=O)/C(C#N)=C\Nc1ccccc1)C(=O)O. The number of amides is 1. The smallest absolute Gasteiger partial charge is 0.326 e. The first-order valence-corrected chi connectivity index (χ1v) is 6.89. The summed E-state index contributed by atoms with van der Waals surface area (Å²) in [6.07, 6.45) is 1.56. The van der Waals surface area contributed by atoms with Crippen LogP contribution in [0, 0.1) is 17.2 Å². The first-order chi connectivity index (χ1) is 10.4. The van der Waals surface area contributed by atoms with Crippen LogP contribution in [0.4, 0.5) is 5.69 Å². The number of carboxylic acids is 1. The first kappa shape index (κ1) is 17.2. The van der Waals surface area contributed by atoms with Gasteiger partial charge in [-0.2, -0.15) is 5.26 Å². The molecule has 1 aromatic rings. The number of aliphatic carboxylic acids is 1. The number of benzene rings is 1. The Morgan fingerprint density at radius 3 is 2.45 bits per heavy atom. The van der Waals surface area contributed by atoms with E-state index in [0.717, 1.165) is 5.69 Å². The highest BCUT2D eigenvalue weighted by atomic mass is 16.4. The van der Waals surface area contributed by atoms with Crippen molar-refractivity contribution in [2.24, 2.45) is 5.92 Å². The van der Waals surface area contributed by atoms with Crippen LogP contribution < -0.4 is 10.6 Å². The van der Waals surface area contributed by atoms with Crippen LogP contribution in [-0.2, 0) is 9.59 Å². The van der Waals surface area contributed by atoms with E-state index in [-0.39, 0.29) is 11.5 Å². The molecule has 1 unspecified atom stereocenters. The normalized spacial score (nSPS) is 12.4. The molecule has 1 atom stereocenters. The lowest BCUT2D eigenvalue weighted by molar-refractivity contribution is -0.141.